The number of carbonyl (C=O) groups is 5. The number of ketones is 1. The third-order valence-corrected chi connectivity index (χ3v) is 8.17. The average molecular weight is 744 g/mol. The number of rotatable bonds is 16. The molecule has 6 N–H and O–H groups in total. The molecular weight excluding hydrogens is 698 g/mol. The molecule has 3 aromatic rings. The molecular formula is C39H45N5O10. The molecule has 0 aliphatic heterocycles. The number of ether oxygens (including phenoxy) is 4. The van der Waals surface area contributed by atoms with Gasteiger partial charge in [0.2, 0.25) is 6.29 Å². The van der Waals surface area contributed by atoms with Crippen LogP contribution < -0.4 is 16.4 Å². The number of aliphatic hydroxyl groups is 1. The molecule has 0 radical (unpaired) electrons. The number of aliphatic hydroxyl groups excluding tert-OH is 1. The fourth-order valence-electron chi connectivity index (χ4n) is 5.14. The van der Waals surface area contributed by atoms with Crippen LogP contribution in [0.5, 0.6) is 0 Å². The van der Waals surface area contributed by atoms with Crippen molar-refractivity contribution in [3.8, 4) is 11.1 Å². The summed E-state index contributed by atoms with van der Waals surface area (Å²) < 4.78 is 20.5. The first-order valence-corrected chi connectivity index (χ1v) is 17.4. The van der Waals surface area contributed by atoms with Gasteiger partial charge in [-0.2, -0.15) is 0 Å². The van der Waals surface area contributed by atoms with Crippen molar-refractivity contribution < 1.29 is 48.0 Å². The van der Waals surface area contributed by atoms with E-state index >= 15 is 0 Å². The number of benzene rings is 2. The van der Waals surface area contributed by atoms with Crippen molar-refractivity contribution in [1.82, 2.24) is 15.6 Å². The zero-order valence-corrected chi connectivity index (χ0v) is 30.6. The Morgan fingerprint density at radius 2 is 1.69 bits per heavy atom. The maximum Gasteiger partial charge on any atom is 0.511 e. The fourth-order valence-corrected chi connectivity index (χ4v) is 5.14. The van der Waals surface area contributed by atoms with Crippen LogP contribution in [-0.2, 0) is 32.0 Å². The highest BCUT2D eigenvalue weighted by molar-refractivity contribution is 6.08. The number of esters is 1. The highest BCUT2D eigenvalue weighted by atomic mass is 16.8. The fraction of sp³-hybridized carbons (Fsp3) is 0.359. The standard InChI is InChI=1S/C39H45N5O10/c1-6-26-16-31(33(46)15-24-9-11-27(12-10-24)35(41)44-38(49)52-22(4)18-40)30(17-28(26)20-45)29-13-14-32(36(47)42-19-25-7-8-25)43-34(29)37(48)53-23(5)54-39(50)51-21(2)3/h6,9-14,16-17,21-23,25,45H,1,7-8,15,18-20,40H2,2-5H3,(H,42,47)(H2,41,44,49). The molecule has 4 rings (SSSR count). The topological polar surface area (TPSA) is 229 Å². The van der Waals surface area contributed by atoms with Gasteiger partial charge in [0, 0.05) is 43.1 Å². The number of carbonyl (C=O) groups excluding carboxylic acids is 5. The summed E-state index contributed by atoms with van der Waals surface area (Å²) in [4.78, 5) is 69.3. The van der Waals surface area contributed by atoms with Crippen molar-refractivity contribution in [3.63, 3.8) is 0 Å². The minimum absolute atomic E-state index is 0.0839. The molecule has 1 aromatic heterocycles. The third kappa shape index (κ3) is 11.3. The summed E-state index contributed by atoms with van der Waals surface area (Å²) >= 11 is 0. The molecule has 2 aromatic carbocycles. The summed E-state index contributed by atoms with van der Waals surface area (Å²) in [7, 11) is 0. The summed E-state index contributed by atoms with van der Waals surface area (Å²) in [6.45, 7) is 10.1. The lowest BCUT2D eigenvalue weighted by atomic mass is 9.89. The first-order valence-electron chi connectivity index (χ1n) is 17.4. The van der Waals surface area contributed by atoms with Crippen LogP contribution in [0.25, 0.3) is 17.2 Å². The Kier molecular flexibility index (Phi) is 14.1. The average Bonchev–Trinajstić information content (AvgIpc) is 3.97. The molecule has 15 heteroatoms. The number of amidine groups is 1. The second kappa shape index (κ2) is 18.7. The van der Waals surface area contributed by atoms with Crippen molar-refractivity contribution in [3.05, 3.63) is 94.3 Å². The van der Waals surface area contributed by atoms with E-state index in [1.165, 1.54) is 37.3 Å². The van der Waals surface area contributed by atoms with Gasteiger partial charge in [-0.3, -0.25) is 20.3 Å². The van der Waals surface area contributed by atoms with Crippen molar-refractivity contribution in [2.75, 3.05) is 13.1 Å². The second-order valence-corrected chi connectivity index (χ2v) is 13.0. The first kappa shape index (κ1) is 40.8. The number of pyridine rings is 1. The zero-order chi connectivity index (χ0) is 39.5. The van der Waals surface area contributed by atoms with Crippen LogP contribution in [-0.4, -0.2) is 77.4 Å². The Morgan fingerprint density at radius 3 is 2.30 bits per heavy atom. The molecule has 0 spiro atoms. The molecule has 286 valence electrons. The predicted molar refractivity (Wildman–Crippen MR) is 198 cm³/mol. The molecule has 2 atom stereocenters. The Bertz CT molecular complexity index is 1910. The van der Waals surface area contributed by atoms with Crippen LogP contribution in [0.4, 0.5) is 9.59 Å². The Balaban J connectivity index is 1.69. The van der Waals surface area contributed by atoms with Crippen LogP contribution in [0, 0.1) is 11.3 Å². The minimum Gasteiger partial charge on any atom is -0.445 e. The lowest BCUT2D eigenvalue weighted by molar-refractivity contribution is -0.0868. The molecule has 15 nitrogen and oxygen atoms in total. The highest BCUT2D eigenvalue weighted by Gasteiger charge is 2.28. The molecule has 1 aliphatic rings. The van der Waals surface area contributed by atoms with Crippen molar-refractivity contribution >= 4 is 41.8 Å². The largest absolute Gasteiger partial charge is 0.511 e. The number of alkyl carbamates (subject to hydrolysis) is 1. The number of aromatic nitrogens is 1. The van der Waals surface area contributed by atoms with Gasteiger partial charge in [0.05, 0.1) is 12.7 Å². The molecule has 2 amide bonds. The summed E-state index contributed by atoms with van der Waals surface area (Å²) in [6, 6.07) is 12.3. The summed E-state index contributed by atoms with van der Waals surface area (Å²) in [5, 5.41) is 23.6. The molecule has 1 saturated carbocycles. The van der Waals surface area contributed by atoms with Gasteiger partial charge in [-0.25, -0.2) is 19.4 Å². The lowest BCUT2D eigenvalue weighted by Gasteiger charge is -2.18. The van der Waals surface area contributed by atoms with Gasteiger partial charge in [0.1, 0.15) is 17.6 Å². The van der Waals surface area contributed by atoms with Gasteiger partial charge in [-0.1, -0.05) is 36.9 Å². The summed E-state index contributed by atoms with van der Waals surface area (Å²) in [5.74, 6) is -1.81. The van der Waals surface area contributed by atoms with E-state index in [2.05, 4.69) is 22.2 Å². The monoisotopic (exact) mass is 743 g/mol. The van der Waals surface area contributed by atoms with Gasteiger partial charge in [0.15, 0.2) is 11.5 Å². The Hall–Kier alpha value is -5.93. The third-order valence-electron chi connectivity index (χ3n) is 8.17. The van der Waals surface area contributed by atoms with Crippen molar-refractivity contribution in [2.45, 2.75) is 72.1 Å². The van der Waals surface area contributed by atoms with E-state index in [9.17, 15) is 29.1 Å². The molecule has 2 unspecified atom stereocenters. The molecule has 0 saturated heterocycles. The van der Waals surface area contributed by atoms with Crippen molar-refractivity contribution in [2.24, 2.45) is 11.7 Å². The number of nitrogens with two attached hydrogens (primary N) is 1. The van der Waals surface area contributed by atoms with E-state index < -0.39 is 55.0 Å². The summed E-state index contributed by atoms with van der Waals surface area (Å²) in [5.41, 5.74) is 7.28. The van der Waals surface area contributed by atoms with Gasteiger partial charge in [-0.15, -0.1) is 0 Å². The van der Waals surface area contributed by atoms with Crippen LogP contribution in [0.2, 0.25) is 0 Å². The molecule has 0 bridgehead atoms. The van der Waals surface area contributed by atoms with Gasteiger partial charge >= 0.3 is 18.2 Å². The molecule has 1 aliphatic carbocycles. The van der Waals surface area contributed by atoms with E-state index in [-0.39, 0.29) is 46.9 Å². The van der Waals surface area contributed by atoms with Gasteiger partial charge < -0.3 is 35.1 Å². The molecule has 54 heavy (non-hydrogen) atoms. The number of hydrogen-bond acceptors (Lipinski definition) is 13. The van der Waals surface area contributed by atoms with Crippen LogP contribution in [0.15, 0.2) is 55.1 Å². The highest BCUT2D eigenvalue weighted by Crippen LogP contribution is 2.33. The quantitative estimate of drug-likeness (QED) is 0.0329. The first-order chi connectivity index (χ1) is 25.7. The Labute approximate surface area is 312 Å². The normalized spacial score (nSPS) is 13.2. The van der Waals surface area contributed by atoms with Crippen LogP contribution >= 0.6 is 0 Å². The summed E-state index contributed by atoms with van der Waals surface area (Å²) in [6.07, 6.45) is -0.963. The molecule has 1 fully saturated rings. The van der Waals surface area contributed by atoms with E-state index in [1.807, 2.05) is 0 Å². The van der Waals surface area contributed by atoms with E-state index in [1.54, 1.807) is 45.0 Å². The Morgan fingerprint density at radius 1 is 0.981 bits per heavy atom. The SMILES string of the molecule is C=Cc1cc(C(=O)Cc2ccc(C(=N)NC(=O)OC(C)CN)cc2)c(-c2ccc(C(=O)NCC3CC3)nc2C(=O)OC(C)OC(=O)OC(C)C)cc1CO. The lowest BCUT2D eigenvalue weighted by Crippen LogP contribution is -2.35. The number of nitrogens with zero attached hydrogens (tertiary/aromatic N) is 1. The van der Waals surface area contributed by atoms with Gasteiger partial charge in [-0.05, 0) is 86.1 Å². The van der Waals surface area contributed by atoms with Crippen molar-refractivity contribution in [1.29, 1.82) is 5.41 Å². The van der Waals surface area contributed by atoms with Gasteiger partial charge in [0.25, 0.3) is 5.91 Å². The van der Waals surface area contributed by atoms with E-state index in [0.717, 1.165) is 12.8 Å². The second-order valence-electron chi connectivity index (χ2n) is 13.0. The number of nitrogens with one attached hydrogen (secondary N) is 3. The smallest absolute Gasteiger partial charge is 0.445 e. The van der Waals surface area contributed by atoms with E-state index in [4.69, 9.17) is 30.1 Å². The predicted octanol–water partition coefficient (Wildman–Crippen LogP) is 4.91. The molecule has 1 heterocycles. The number of hydrogen-bond donors (Lipinski definition) is 5. The maximum absolute atomic E-state index is 14.1. The number of Topliss-reactive ketones (excluding diaryl/α,β-unsaturated/α-hetero) is 1. The maximum atomic E-state index is 14.1. The number of amides is 2. The zero-order valence-electron chi connectivity index (χ0n) is 30.6. The van der Waals surface area contributed by atoms with E-state index in [0.29, 0.717) is 34.7 Å². The van der Waals surface area contributed by atoms with Crippen LogP contribution in [0.1, 0.15) is 94.1 Å². The van der Waals surface area contributed by atoms with Crippen LogP contribution in [0.3, 0.4) is 0 Å². The minimum atomic E-state index is -1.41.